The van der Waals surface area contributed by atoms with Crippen molar-refractivity contribution in [1.29, 1.82) is 0 Å². The van der Waals surface area contributed by atoms with Gasteiger partial charge in [0.2, 0.25) is 0 Å². The lowest BCUT2D eigenvalue weighted by atomic mass is 10.7. The highest BCUT2D eigenvalue weighted by molar-refractivity contribution is 6.03. The molecule has 0 atom stereocenters. The van der Waals surface area contributed by atoms with E-state index < -0.39 is 0 Å². The largest absolute Gasteiger partial charge is 0.171 e. The third kappa shape index (κ3) is 1.08. The van der Waals surface area contributed by atoms with Crippen molar-refractivity contribution >= 4 is 11.8 Å². The molecule has 0 spiro atoms. The Hall–Kier alpha value is -0.700. The van der Waals surface area contributed by atoms with Gasteiger partial charge in [-0.2, -0.15) is 0 Å². The number of halogens is 1. The maximum atomic E-state index is 5.28. The van der Waals surface area contributed by atoms with E-state index in [0.717, 1.165) is 4.20 Å². The molecule has 0 aliphatic carbocycles. The Balaban J connectivity index is 3.02. The van der Waals surface area contributed by atoms with Crippen molar-refractivity contribution in [2.24, 2.45) is 0 Å². The van der Waals surface area contributed by atoms with E-state index in [2.05, 4.69) is 10.3 Å². The molecule has 1 aromatic rings. The van der Waals surface area contributed by atoms with Gasteiger partial charge in [-0.05, 0) is 4.20 Å². The van der Waals surface area contributed by atoms with Crippen LogP contribution >= 0.6 is 11.8 Å². The van der Waals surface area contributed by atoms with E-state index in [-0.39, 0.29) is 0 Å². The molecule has 1 heterocycles. The fourth-order valence-corrected chi connectivity index (χ4v) is 0.361. The Kier molecular flexibility index (Phi) is 1.17. The minimum Gasteiger partial charge on any atom is -0.0321 e. The van der Waals surface area contributed by atoms with E-state index in [9.17, 15) is 0 Å². The Morgan fingerprint density at radius 1 is 1.57 bits per heavy atom. The van der Waals surface area contributed by atoms with Crippen molar-refractivity contribution in [2.75, 3.05) is 0 Å². The summed E-state index contributed by atoms with van der Waals surface area (Å²) in [5, 5.41) is 6.88. The molecule has 0 N–H and O–H groups in total. The van der Waals surface area contributed by atoms with Gasteiger partial charge in [-0.25, -0.2) is 0 Å². The molecular formula is C3H3ClN3+. The van der Waals surface area contributed by atoms with Crippen LogP contribution in [-0.2, 0) is 0 Å². The Morgan fingerprint density at radius 2 is 2.43 bits per heavy atom. The average molecular weight is 117 g/mol. The van der Waals surface area contributed by atoms with Crippen molar-refractivity contribution in [2.45, 2.75) is 0 Å². The molecule has 0 aromatic carbocycles. The van der Waals surface area contributed by atoms with E-state index in [4.69, 9.17) is 11.8 Å². The van der Waals surface area contributed by atoms with Gasteiger partial charge in [0.05, 0.1) is 5.10 Å². The average Bonchev–Trinajstić information content (AvgIpc) is 1.69. The van der Waals surface area contributed by atoms with Crippen molar-refractivity contribution in [3.63, 3.8) is 0 Å². The molecule has 0 aliphatic rings. The second kappa shape index (κ2) is 1.84. The molecule has 0 radical (unpaired) electrons. The quantitative estimate of drug-likeness (QED) is 0.469. The summed E-state index contributed by atoms with van der Waals surface area (Å²) in [6, 6.07) is 1.69. The number of nitrogens with zero attached hydrogens (tertiary/aromatic N) is 3. The summed E-state index contributed by atoms with van der Waals surface area (Å²) in [6.07, 6.45) is 3.15. The van der Waals surface area contributed by atoms with Gasteiger partial charge >= 0.3 is 0 Å². The molecular weight excluding hydrogens is 114 g/mol. The maximum Gasteiger partial charge on any atom is 0.171 e. The number of hydrogen-bond donors (Lipinski definition) is 0. The summed E-state index contributed by atoms with van der Waals surface area (Å²) < 4.78 is 1.11. The van der Waals surface area contributed by atoms with E-state index in [1.165, 1.54) is 0 Å². The minimum absolute atomic E-state index is 1.11. The van der Waals surface area contributed by atoms with Gasteiger partial charge in [0.1, 0.15) is 6.20 Å². The molecule has 0 bridgehead atoms. The highest BCUT2D eigenvalue weighted by Crippen LogP contribution is 1.64. The second-order valence-electron chi connectivity index (χ2n) is 0.984. The van der Waals surface area contributed by atoms with Crippen molar-refractivity contribution < 1.29 is 4.20 Å². The molecule has 0 saturated heterocycles. The fourth-order valence-electron chi connectivity index (χ4n) is 0.257. The Labute approximate surface area is 45.7 Å². The van der Waals surface area contributed by atoms with Crippen LogP contribution in [0.25, 0.3) is 0 Å². The van der Waals surface area contributed by atoms with Crippen LogP contribution in [0.15, 0.2) is 18.5 Å². The standard InChI is InChI=1S/C3H3ClN3/c4-7-3-1-2-5-6-7/h1-3H/q+1. The number of hydrogen-bond acceptors (Lipinski definition) is 2. The molecule has 0 unspecified atom stereocenters. The summed E-state index contributed by atoms with van der Waals surface area (Å²) in [7, 11) is 0. The highest BCUT2D eigenvalue weighted by Gasteiger charge is 1.85. The number of rotatable bonds is 0. The monoisotopic (exact) mass is 116 g/mol. The van der Waals surface area contributed by atoms with Crippen LogP contribution in [0.1, 0.15) is 0 Å². The van der Waals surface area contributed by atoms with E-state index in [0.29, 0.717) is 0 Å². The molecule has 7 heavy (non-hydrogen) atoms. The smallest absolute Gasteiger partial charge is 0.0321 e. The highest BCUT2D eigenvalue weighted by atomic mass is 35.5. The summed E-state index contributed by atoms with van der Waals surface area (Å²) in [6.45, 7) is 0. The molecule has 4 heteroatoms. The maximum absolute atomic E-state index is 5.28. The molecule has 36 valence electrons. The van der Waals surface area contributed by atoms with Crippen LogP contribution in [0.4, 0.5) is 0 Å². The van der Waals surface area contributed by atoms with Crippen molar-refractivity contribution in [3.8, 4) is 0 Å². The van der Waals surface area contributed by atoms with E-state index >= 15 is 0 Å². The minimum atomic E-state index is 1.11. The zero-order chi connectivity index (χ0) is 5.11. The predicted molar refractivity (Wildman–Crippen MR) is 23.5 cm³/mol. The zero-order valence-corrected chi connectivity index (χ0v) is 4.21. The van der Waals surface area contributed by atoms with Crippen molar-refractivity contribution in [1.82, 2.24) is 10.3 Å². The molecule has 3 nitrogen and oxygen atoms in total. The molecule has 0 saturated carbocycles. The van der Waals surface area contributed by atoms with Gasteiger partial charge in [0, 0.05) is 6.07 Å². The van der Waals surface area contributed by atoms with Crippen LogP contribution in [-0.4, -0.2) is 10.3 Å². The molecule has 0 fully saturated rings. The van der Waals surface area contributed by atoms with Gasteiger partial charge in [0.15, 0.2) is 23.2 Å². The van der Waals surface area contributed by atoms with Crippen molar-refractivity contribution in [3.05, 3.63) is 18.5 Å². The van der Waals surface area contributed by atoms with Crippen LogP contribution in [0, 0.1) is 0 Å². The van der Waals surface area contributed by atoms with Gasteiger partial charge in [0.25, 0.3) is 0 Å². The van der Waals surface area contributed by atoms with E-state index in [1.807, 2.05) is 0 Å². The van der Waals surface area contributed by atoms with Crippen LogP contribution < -0.4 is 4.20 Å². The van der Waals surface area contributed by atoms with Crippen LogP contribution in [0.3, 0.4) is 0 Å². The molecule has 1 aromatic heterocycles. The third-order valence-electron chi connectivity index (χ3n) is 0.499. The van der Waals surface area contributed by atoms with Crippen LogP contribution in [0.5, 0.6) is 0 Å². The first-order valence-electron chi connectivity index (χ1n) is 1.75. The lowest BCUT2D eigenvalue weighted by Crippen LogP contribution is -2.24. The summed E-state index contributed by atoms with van der Waals surface area (Å²) >= 11 is 5.28. The molecule has 0 amide bonds. The lowest BCUT2D eigenvalue weighted by molar-refractivity contribution is -0.595. The second-order valence-corrected chi connectivity index (χ2v) is 1.33. The topological polar surface area (TPSA) is 29.7 Å². The van der Waals surface area contributed by atoms with Gasteiger partial charge in [-0.15, -0.1) is 0 Å². The summed E-state index contributed by atoms with van der Waals surface area (Å²) in [5.74, 6) is 0. The third-order valence-corrected chi connectivity index (χ3v) is 0.679. The van der Waals surface area contributed by atoms with E-state index in [1.54, 1.807) is 18.5 Å². The Morgan fingerprint density at radius 3 is 2.71 bits per heavy atom. The van der Waals surface area contributed by atoms with Gasteiger partial charge in [-0.3, -0.25) is 0 Å². The predicted octanol–water partition coefficient (Wildman–Crippen LogP) is -0.234. The van der Waals surface area contributed by atoms with Gasteiger partial charge < -0.3 is 0 Å². The van der Waals surface area contributed by atoms with Crippen LogP contribution in [0.2, 0.25) is 0 Å². The SMILES string of the molecule is Cl[n+]1cccnn1. The number of aromatic nitrogens is 3. The van der Waals surface area contributed by atoms with Gasteiger partial charge in [-0.1, -0.05) is 0 Å². The normalized spacial score (nSPS) is 8.71. The Bertz CT molecular complexity index is 140. The first-order valence-corrected chi connectivity index (χ1v) is 2.09. The lowest BCUT2D eigenvalue weighted by Gasteiger charge is -1.69. The zero-order valence-electron chi connectivity index (χ0n) is 3.45. The summed E-state index contributed by atoms with van der Waals surface area (Å²) in [4.78, 5) is 0. The first-order chi connectivity index (χ1) is 3.39. The molecule has 1 rings (SSSR count). The first kappa shape index (κ1) is 4.46. The molecule has 0 aliphatic heterocycles. The summed E-state index contributed by atoms with van der Waals surface area (Å²) in [5.41, 5.74) is 0. The fraction of sp³-hybridized carbons (Fsp3) is 0.